The van der Waals surface area contributed by atoms with Gasteiger partial charge in [-0.25, -0.2) is 4.98 Å². The van der Waals surface area contributed by atoms with Crippen molar-refractivity contribution >= 4 is 23.2 Å². The summed E-state index contributed by atoms with van der Waals surface area (Å²) in [6, 6.07) is 0. The van der Waals surface area contributed by atoms with E-state index in [1.54, 1.807) is 0 Å². The molecule has 0 amide bonds. The molecular weight excluding hydrogens is 163 g/mol. The molecule has 52 valence electrons. The van der Waals surface area contributed by atoms with Crippen LogP contribution in [0.4, 0.5) is 0 Å². The molecule has 1 rings (SSSR count). The van der Waals surface area contributed by atoms with Gasteiger partial charge in [-0.1, -0.05) is 23.2 Å². The molecule has 1 aromatic rings. The van der Waals surface area contributed by atoms with Gasteiger partial charge >= 0.3 is 0 Å². The highest BCUT2D eigenvalue weighted by molar-refractivity contribution is 6.40. The van der Waals surface area contributed by atoms with E-state index < -0.39 is 0 Å². The van der Waals surface area contributed by atoms with E-state index in [9.17, 15) is 0 Å². The van der Waals surface area contributed by atoms with Crippen LogP contribution in [-0.4, -0.2) is 22.2 Å². The number of halogens is 2. The average Bonchev–Trinajstić information content (AvgIpc) is 2.23. The molecule has 0 aliphatic heterocycles. The quantitative estimate of drug-likeness (QED) is 0.615. The molecule has 0 aromatic carbocycles. The Balaban J connectivity index is 0.000000291. The molecule has 0 spiro atoms. The van der Waals surface area contributed by atoms with Gasteiger partial charge in [0.1, 0.15) is 5.15 Å². The first kappa shape index (κ1) is 8.75. The van der Waals surface area contributed by atoms with E-state index in [1.165, 1.54) is 6.33 Å². The summed E-state index contributed by atoms with van der Waals surface area (Å²) in [4.78, 5) is 6.18. The summed E-state index contributed by atoms with van der Waals surface area (Å²) in [6.07, 6.45) is 1.44. The summed E-state index contributed by atoms with van der Waals surface area (Å²) < 4.78 is 0. The summed E-state index contributed by atoms with van der Waals surface area (Å²) >= 11 is 10.7. The highest BCUT2D eigenvalue weighted by Gasteiger charge is 1.93. The van der Waals surface area contributed by atoms with Gasteiger partial charge in [0.25, 0.3) is 0 Å². The molecule has 0 bridgehead atoms. The van der Waals surface area contributed by atoms with Gasteiger partial charge < -0.3 is 10.1 Å². The van der Waals surface area contributed by atoms with Crippen LogP contribution in [0.3, 0.4) is 0 Å². The lowest BCUT2D eigenvalue weighted by molar-refractivity contribution is 0.399. The molecule has 0 radical (unpaired) electrons. The first-order chi connectivity index (χ1) is 4.30. The second-order valence-corrected chi connectivity index (χ2v) is 1.74. The fourth-order valence-corrected chi connectivity index (χ4v) is 0.463. The fraction of sp³-hybridized carbons (Fsp3) is 0.250. The topological polar surface area (TPSA) is 48.9 Å². The van der Waals surface area contributed by atoms with Crippen LogP contribution in [0, 0.1) is 0 Å². The van der Waals surface area contributed by atoms with Crippen LogP contribution in [-0.2, 0) is 0 Å². The van der Waals surface area contributed by atoms with Crippen molar-refractivity contribution in [1.29, 1.82) is 0 Å². The highest BCUT2D eigenvalue weighted by Crippen LogP contribution is 2.13. The minimum atomic E-state index is 0.321. The van der Waals surface area contributed by atoms with Crippen molar-refractivity contribution in [3.8, 4) is 0 Å². The van der Waals surface area contributed by atoms with Gasteiger partial charge in [-0.05, 0) is 0 Å². The number of aliphatic hydroxyl groups excluding tert-OH is 1. The summed E-state index contributed by atoms with van der Waals surface area (Å²) in [5.41, 5.74) is 0. The van der Waals surface area contributed by atoms with Crippen molar-refractivity contribution in [1.82, 2.24) is 9.97 Å². The van der Waals surface area contributed by atoms with E-state index in [1.807, 2.05) is 0 Å². The van der Waals surface area contributed by atoms with Crippen molar-refractivity contribution in [2.24, 2.45) is 0 Å². The SMILES string of the molecule is CO.Clc1nc[nH]c1Cl. The Morgan fingerprint density at radius 3 is 2.22 bits per heavy atom. The maximum Gasteiger partial charge on any atom is 0.165 e. The molecule has 0 saturated heterocycles. The van der Waals surface area contributed by atoms with Crippen LogP contribution in [0.25, 0.3) is 0 Å². The number of rotatable bonds is 0. The number of imidazole rings is 1. The maximum absolute atomic E-state index is 7.00. The summed E-state index contributed by atoms with van der Waals surface area (Å²) in [7, 11) is 1.00. The Hall–Kier alpha value is -0.250. The third kappa shape index (κ3) is 2.70. The summed E-state index contributed by atoms with van der Waals surface area (Å²) in [5.74, 6) is 0. The van der Waals surface area contributed by atoms with Gasteiger partial charge in [-0.3, -0.25) is 0 Å². The Labute approximate surface area is 62.6 Å². The molecule has 9 heavy (non-hydrogen) atoms. The molecule has 0 unspecified atom stereocenters. The van der Waals surface area contributed by atoms with E-state index in [-0.39, 0.29) is 0 Å². The number of aromatic nitrogens is 2. The number of aliphatic hydroxyl groups is 1. The zero-order valence-corrected chi connectivity index (χ0v) is 6.24. The molecule has 1 heterocycles. The average molecular weight is 169 g/mol. The van der Waals surface area contributed by atoms with Crippen LogP contribution < -0.4 is 0 Å². The Bertz CT molecular complexity index is 149. The number of hydrogen-bond donors (Lipinski definition) is 2. The molecule has 0 aliphatic rings. The minimum Gasteiger partial charge on any atom is -0.400 e. The zero-order chi connectivity index (χ0) is 7.28. The number of nitrogens with one attached hydrogen (secondary N) is 1. The largest absolute Gasteiger partial charge is 0.400 e. The van der Waals surface area contributed by atoms with Gasteiger partial charge in [0.05, 0.1) is 6.33 Å². The second-order valence-electron chi connectivity index (χ2n) is 1.01. The molecular formula is C4H6Cl2N2O. The van der Waals surface area contributed by atoms with Crippen molar-refractivity contribution in [2.45, 2.75) is 0 Å². The summed E-state index contributed by atoms with van der Waals surface area (Å²) in [5, 5.41) is 7.71. The monoisotopic (exact) mass is 168 g/mol. The van der Waals surface area contributed by atoms with Crippen LogP contribution in [0.5, 0.6) is 0 Å². The third-order valence-electron chi connectivity index (χ3n) is 0.550. The molecule has 0 saturated carbocycles. The number of aromatic amines is 1. The summed E-state index contributed by atoms with van der Waals surface area (Å²) in [6.45, 7) is 0. The maximum atomic E-state index is 7.00. The number of hydrogen-bond acceptors (Lipinski definition) is 2. The highest BCUT2D eigenvalue weighted by atomic mass is 35.5. The van der Waals surface area contributed by atoms with Crippen LogP contribution in [0.1, 0.15) is 0 Å². The zero-order valence-electron chi connectivity index (χ0n) is 4.73. The van der Waals surface area contributed by atoms with Crippen molar-refractivity contribution in [2.75, 3.05) is 7.11 Å². The molecule has 0 aliphatic carbocycles. The number of H-pyrrole nitrogens is 1. The van der Waals surface area contributed by atoms with Gasteiger partial charge in [0, 0.05) is 7.11 Å². The standard InChI is InChI=1S/C3H2Cl2N2.CH4O/c4-2-3(5)7-1-6-2;1-2/h1H,(H,6,7);2H,1H3. The van der Waals surface area contributed by atoms with E-state index in [0.717, 1.165) is 7.11 Å². The normalized spacial score (nSPS) is 8.00. The molecule has 0 fully saturated rings. The minimum absolute atomic E-state index is 0.321. The smallest absolute Gasteiger partial charge is 0.165 e. The van der Waals surface area contributed by atoms with Crippen molar-refractivity contribution < 1.29 is 5.11 Å². The van der Waals surface area contributed by atoms with Gasteiger partial charge in [0.2, 0.25) is 0 Å². The van der Waals surface area contributed by atoms with Crippen LogP contribution in [0.15, 0.2) is 6.33 Å². The van der Waals surface area contributed by atoms with Crippen molar-refractivity contribution in [3.05, 3.63) is 16.6 Å². The van der Waals surface area contributed by atoms with Gasteiger partial charge in [-0.2, -0.15) is 0 Å². The fourth-order valence-electron chi connectivity index (χ4n) is 0.262. The molecule has 5 heteroatoms. The van der Waals surface area contributed by atoms with E-state index in [2.05, 4.69) is 9.97 Å². The molecule has 3 nitrogen and oxygen atoms in total. The predicted molar refractivity (Wildman–Crippen MR) is 36.8 cm³/mol. The van der Waals surface area contributed by atoms with Crippen molar-refractivity contribution in [3.63, 3.8) is 0 Å². The Morgan fingerprint density at radius 1 is 1.56 bits per heavy atom. The lowest BCUT2D eigenvalue weighted by atomic mass is 10.9. The first-order valence-corrected chi connectivity index (χ1v) is 2.85. The lowest BCUT2D eigenvalue weighted by Crippen LogP contribution is -1.56. The van der Waals surface area contributed by atoms with Crippen LogP contribution in [0.2, 0.25) is 10.3 Å². The predicted octanol–water partition coefficient (Wildman–Crippen LogP) is 1.32. The third-order valence-corrected chi connectivity index (χ3v) is 1.22. The first-order valence-electron chi connectivity index (χ1n) is 2.10. The molecule has 0 atom stereocenters. The second kappa shape index (κ2) is 4.61. The molecule has 2 N–H and O–H groups in total. The Morgan fingerprint density at radius 2 is 2.11 bits per heavy atom. The van der Waals surface area contributed by atoms with E-state index >= 15 is 0 Å². The van der Waals surface area contributed by atoms with Gasteiger partial charge in [0.15, 0.2) is 5.15 Å². The van der Waals surface area contributed by atoms with E-state index in [0.29, 0.717) is 10.3 Å². The van der Waals surface area contributed by atoms with Gasteiger partial charge in [-0.15, -0.1) is 0 Å². The lowest BCUT2D eigenvalue weighted by Gasteiger charge is -1.72. The number of nitrogens with zero attached hydrogens (tertiary/aromatic N) is 1. The Kier molecular flexibility index (Phi) is 4.48. The van der Waals surface area contributed by atoms with E-state index in [4.69, 9.17) is 28.3 Å². The van der Waals surface area contributed by atoms with Crippen LogP contribution >= 0.6 is 23.2 Å². The molecule has 1 aromatic heterocycles.